The summed E-state index contributed by atoms with van der Waals surface area (Å²) >= 11 is 1.57. The Bertz CT molecular complexity index is 205. The number of amidine groups is 1. The van der Waals surface area contributed by atoms with E-state index in [0.717, 1.165) is 12.8 Å². The minimum atomic E-state index is -0.0693. The molecule has 0 aromatic carbocycles. The predicted molar refractivity (Wildman–Crippen MR) is 50.7 cm³/mol. The molecule has 1 rings (SSSR count). The fourth-order valence-corrected chi connectivity index (χ4v) is 1.95. The fraction of sp³-hybridized carbons (Fsp3) is 0.714. The lowest BCUT2D eigenvalue weighted by atomic mass is 10.3. The molecule has 1 atom stereocenters. The van der Waals surface area contributed by atoms with Gasteiger partial charge >= 0.3 is 0 Å². The van der Waals surface area contributed by atoms with Crippen LogP contribution in [0.15, 0.2) is 5.10 Å². The molecule has 2 N–H and O–H groups in total. The van der Waals surface area contributed by atoms with Gasteiger partial charge in [-0.2, -0.15) is 5.10 Å². The summed E-state index contributed by atoms with van der Waals surface area (Å²) < 4.78 is 0. The zero-order chi connectivity index (χ0) is 8.97. The van der Waals surface area contributed by atoms with Crippen LogP contribution in [-0.2, 0) is 4.79 Å². The number of nitrogens with one attached hydrogen (secondary N) is 2. The first-order chi connectivity index (χ1) is 5.72. The maximum Gasteiger partial charge on any atom is 0.222 e. The van der Waals surface area contributed by atoms with Crippen molar-refractivity contribution in [2.75, 3.05) is 0 Å². The third-order valence-electron chi connectivity index (χ3n) is 1.40. The number of rotatable bonds is 2. The van der Waals surface area contributed by atoms with Crippen molar-refractivity contribution in [2.45, 2.75) is 32.1 Å². The molecular formula is C7H13N3OS. The van der Waals surface area contributed by atoms with Crippen LogP contribution >= 0.6 is 11.8 Å². The van der Waals surface area contributed by atoms with Crippen molar-refractivity contribution in [1.82, 2.24) is 10.7 Å². The molecule has 1 amide bonds. The third-order valence-corrected chi connectivity index (χ3v) is 2.44. The van der Waals surface area contributed by atoms with E-state index in [0.29, 0.717) is 10.5 Å². The maximum absolute atomic E-state index is 10.6. The first-order valence-electron chi connectivity index (χ1n) is 4.00. The molecule has 1 heterocycles. The average molecular weight is 187 g/mol. The zero-order valence-electron chi connectivity index (χ0n) is 7.26. The molecular weight excluding hydrogens is 174 g/mol. The number of hydrogen-bond donors (Lipinski definition) is 2. The van der Waals surface area contributed by atoms with Gasteiger partial charge in [0.1, 0.15) is 0 Å². The van der Waals surface area contributed by atoms with E-state index in [1.54, 1.807) is 11.8 Å². The molecule has 1 aliphatic heterocycles. The van der Waals surface area contributed by atoms with E-state index in [-0.39, 0.29) is 5.91 Å². The largest absolute Gasteiger partial charge is 0.304 e. The van der Waals surface area contributed by atoms with E-state index >= 15 is 0 Å². The van der Waals surface area contributed by atoms with Crippen molar-refractivity contribution >= 4 is 22.8 Å². The van der Waals surface area contributed by atoms with E-state index in [4.69, 9.17) is 0 Å². The predicted octanol–water partition coefficient (Wildman–Crippen LogP) is 0.856. The zero-order valence-corrected chi connectivity index (χ0v) is 8.07. The molecule has 0 aromatic heterocycles. The Morgan fingerprint density at radius 3 is 3.17 bits per heavy atom. The smallest absolute Gasteiger partial charge is 0.222 e. The summed E-state index contributed by atoms with van der Waals surface area (Å²) in [5.74, 6) is -0.0693. The van der Waals surface area contributed by atoms with Crippen molar-refractivity contribution < 1.29 is 4.79 Å². The van der Waals surface area contributed by atoms with Crippen LogP contribution in [0.4, 0.5) is 0 Å². The van der Waals surface area contributed by atoms with Gasteiger partial charge < -0.3 is 5.32 Å². The van der Waals surface area contributed by atoms with Gasteiger partial charge in [0.2, 0.25) is 5.91 Å². The van der Waals surface area contributed by atoms with Crippen LogP contribution in [0.1, 0.15) is 26.7 Å². The van der Waals surface area contributed by atoms with E-state index < -0.39 is 0 Å². The molecule has 0 saturated carbocycles. The van der Waals surface area contributed by atoms with Gasteiger partial charge in [-0.1, -0.05) is 25.1 Å². The monoisotopic (exact) mass is 187 g/mol. The molecule has 68 valence electrons. The molecule has 5 heteroatoms. The van der Waals surface area contributed by atoms with Gasteiger partial charge in [0, 0.05) is 6.92 Å². The minimum absolute atomic E-state index is 0.0693. The second kappa shape index (κ2) is 4.35. The first kappa shape index (κ1) is 9.38. The molecule has 0 spiro atoms. The Labute approximate surface area is 76.2 Å². The van der Waals surface area contributed by atoms with E-state index in [2.05, 4.69) is 22.8 Å². The standard InChI is InChI=1S/C7H13N3OS/c1-3-4-6-9-10-7(12-6)8-5(2)11/h6,9H,3-4H2,1-2H3,(H,8,10,11). The second-order valence-electron chi connectivity index (χ2n) is 2.62. The number of carbonyl (C=O) groups excluding carboxylic acids is 1. The molecule has 0 fully saturated rings. The van der Waals surface area contributed by atoms with Crippen LogP contribution < -0.4 is 10.7 Å². The van der Waals surface area contributed by atoms with E-state index in [1.165, 1.54) is 6.92 Å². The van der Waals surface area contributed by atoms with Crippen LogP contribution in [0, 0.1) is 0 Å². The average Bonchev–Trinajstić information content (AvgIpc) is 2.36. The van der Waals surface area contributed by atoms with Gasteiger partial charge in [-0.15, -0.1) is 0 Å². The lowest BCUT2D eigenvalue weighted by Gasteiger charge is -2.05. The lowest BCUT2D eigenvalue weighted by molar-refractivity contribution is -0.117. The molecule has 0 bridgehead atoms. The summed E-state index contributed by atoms with van der Waals surface area (Å²) in [6, 6.07) is 0. The quantitative estimate of drug-likeness (QED) is 0.674. The van der Waals surface area contributed by atoms with Crippen molar-refractivity contribution in [1.29, 1.82) is 0 Å². The van der Waals surface area contributed by atoms with Crippen LogP contribution in [0.2, 0.25) is 0 Å². The Morgan fingerprint density at radius 1 is 1.83 bits per heavy atom. The maximum atomic E-state index is 10.6. The van der Waals surface area contributed by atoms with E-state index in [1.807, 2.05) is 0 Å². The summed E-state index contributed by atoms with van der Waals surface area (Å²) in [7, 11) is 0. The molecule has 0 aliphatic carbocycles. The number of nitrogens with zero attached hydrogens (tertiary/aromatic N) is 1. The molecule has 0 saturated heterocycles. The molecule has 0 radical (unpaired) electrons. The number of carbonyl (C=O) groups is 1. The Balaban J connectivity index is 2.28. The Hall–Kier alpha value is -0.710. The first-order valence-corrected chi connectivity index (χ1v) is 4.87. The van der Waals surface area contributed by atoms with Crippen LogP contribution in [0.5, 0.6) is 0 Å². The van der Waals surface area contributed by atoms with Gasteiger partial charge in [-0.3, -0.25) is 10.2 Å². The van der Waals surface area contributed by atoms with Crippen LogP contribution in [0.3, 0.4) is 0 Å². The summed E-state index contributed by atoms with van der Waals surface area (Å²) in [5.41, 5.74) is 2.95. The SMILES string of the molecule is CCCC1NN=C(NC(C)=O)S1. The summed E-state index contributed by atoms with van der Waals surface area (Å²) in [4.78, 5) is 10.6. The fourth-order valence-electron chi connectivity index (χ4n) is 0.912. The van der Waals surface area contributed by atoms with Crippen LogP contribution in [0.25, 0.3) is 0 Å². The van der Waals surface area contributed by atoms with Crippen LogP contribution in [-0.4, -0.2) is 16.4 Å². The van der Waals surface area contributed by atoms with Gasteiger partial charge in [0.25, 0.3) is 0 Å². The van der Waals surface area contributed by atoms with Crippen molar-refractivity contribution in [2.24, 2.45) is 5.10 Å². The van der Waals surface area contributed by atoms with Gasteiger partial charge in [-0.05, 0) is 6.42 Å². The van der Waals surface area contributed by atoms with Gasteiger partial charge in [-0.25, -0.2) is 0 Å². The van der Waals surface area contributed by atoms with Gasteiger partial charge in [0.15, 0.2) is 5.17 Å². The number of thioether (sulfide) groups is 1. The summed E-state index contributed by atoms with van der Waals surface area (Å²) in [6.45, 7) is 3.61. The topological polar surface area (TPSA) is 53.5 Å². The minimum Gasteiger partial charge on any atom is -0.304 e. The molecule has 1 aliphatic rings. The number of hydrogen-bond acceptors (Lipinski definition) is 4. The highest BCUT2D eigenvalue weighted by molar-refractivity contribution is 8.14. The third kappa shape index (κ3) is 2.73. The summed E-state index contributed by atoms with van der Waals surface area (Å²) in [6.07, 6.45) is 2.19. The number of hydrazone groups is 1. The van der Waals surface area contributed by atoms with Gasteiger partial charge in [0.05, 0.1) is 5.37 Å². The highest BCUT2D eigenvalue weighted by Gasteiger charge is 2.18. The van der Waals surface area contributed by atoms with Crippen molar-refractivity contribution in [3.05, 3.63) is 0 Å². The van der Waals surface area contributed by atoms with E-state index in [9.17, 15) is 4.79 Å². The lowest BCUT2D eigenvalue weighted by Crippen LogP contribution is -2.24. The highest BCUT2D eigenvalue weighted by Crippen LogP contribution is 2.19. The van der Waals surface area contributed by atoms with Crippen molar-refractivity contribution in [3.63, 3.8) is 0 Å². The Kier molecular flexibility index (Phi) is 3.40. The second-order valence-corrected chi connectivity index (χ2v) is 3.81. The number of amides is 1. The summed E-state index contributed by atoms with van der Waals surface area (Å²) in [5, 5.41) is 7.63. The molecule has 1 unspecified atom stereocenters. The molecule has 12 heavy (non-hydrogen) atoms. The molecule has 4 nitrogen and oxygen atoms in total. The highest BCUT2D eigenvalue weighted by atomic mass is 32.2. The Morgan fingerprint density at radius 2 is 2.58 bits per heavy atom. The normalized spacial score (nSPS) is 21.5. The van der Waals surface area contributed by atoms with Crippen molar-refractivity contribution in [3.8, 4) is 0 Å². The molecule has 0 aromatic rings.